The van der Waals surface area contributed by atoms with Crippen LogP contribution in [-0.2, 0) is 23.4 Å². The second-order valence-electron chi connectivity index (χ2n) is 5.78. The molecule has 0 aliphatic carbocycles. The Balaban J connectivity index is 4.39. The third-order valence-electron chi connectivity index (χ3n) is 2.32. The summed E-state index contributed by atoms with van der Waals surface area (Å²) in [5, 5.41) is 5.26. The lowest BCUT2D eigenvalue weighted by Gasteiger charge is -2.22. The molecule has 0 radical (unpaired) electrons. The van der Waals surface area contributed by atoms with Crippen molar-refractivity contribution in [3.8, 4) is 0 Å². The van der Waals surface area contributed by atoms with Gasteiger partial charge in [-0.15, -0.1) is 0 Å². The minimum absolute atomic E-state index is 0.228. The molecule has 0 saturated heterocycles. The Morgan fingerprint density at radius 3 is 2.33 bits per heavy atom. The Morgan fingerprint density at radius 1 is 1.21 bits per heavy atom. The second-order valence-corrected chi connectivity index (χ2v) is 10.2. The Bertz CT molecular complexity index is 455. The maximum atomic E-state index is 12.7. The highest BCUT2D eigenvalue weighted by Gasteiger charge is 2.29. The van der Waals surface area contributed by atoms with Crippen molar-refractivity contribution in [2.75, 3.05) is 25.5 Å². The monoisotopic (exact) mass is 384 g/mol. The van der Waals surface area contributed by atoms with Crippen LogP contribution in [0.25, 0.3) is 0 Å². The first-order valence-corrected chi connectivity index (χ1v) is 11.0. The van der Waals surface area contributed by atoms with Crippen LogP contribution in [0.1, 0.15) is 41.5 Å². The van der Waals surface area contributed by atoms with Gasteiger partial charge in [-0.25, -0.2) is 9.88 Å². The predicted molar refractivity (Wildman–Crippen MR) is 95.2 cm³/mol. The molecule has 2 N–H and O–H groups in total. The quantitative estimate of drug-likeness (QED) is 0.337. The number of alkyl carbamates (subject to hydrolysis) is 1. The Kier molecular flexibility index (Phi) is 10.6. The molecule has 0 aromatic carbocycles. The van der Waals surface area contributed by atoms with Crippen molar-refractivity contribution < 1.29 is 28.2 Å². The van der Waals surface area contributed by atoms with Crippen LogP contribution < -0.4 is 10.4 Å². The van der Waals surface area contributed by atoms with Crippen LogP contribution in [-0.4, -0.2) is 49.2 Å². The van der Waals surface area contributed by atoms with Gasteiger partial charge in [0.1, 0.15) is 11.6 Å². The molecule has 0 unspecified atom stereocenters. The lowest BCUT2D eigenvalue weighted by atomic mass is 10.2. The third kappa shape index (κ3) is 10.9. The zero-order valence-corrected chi connectivity index (χ0v) is 16.9. The maximum absolute atomic E-state index is 12.7. The minimum Gasteiger partial charge on any atom is -0.465 e. The number of carbonyl (C=O) groups excluding carboxylic acids is 2. The zero-order chi connectivity index (χ0) is 18.8. The molecule has 2 atom stereocenters. The van der Waals surface area contributed by atoms with E-state index in [1.165, 1.54) is 0 Å². The molecule has 0 bridgehead atoms. The summed E-state index contributed by atoms with van der Waals surface area (Å²) in [4.78, 5) is 23.2. The van der Waals surface area contributed by atoms with E-state index in [0.29, 0.717) is 5.75 Å². The summed E-state index contributed by atoms with van der Waals surface area (Å²) >= 11 is 1.02. The van der Waals surface area contributed by atoms with E-state index < -0.39 is 30.4 Å². The second kappa shape index (κ2) is 11.0. The van der Waals surface area contributed by atoms with Gasteiger partial charge in [0.25, 0.3) is 0 Å². The summed E-state index contributed by atoms with van der Waals surface area (Å²) in [6.45, 7) is 7.73. The van der Waals surface area contributed by atoms with Gasteiger partial charge < -0.3 is 19.3 Å². The number of hydrogen-bond donors (Lipinski definition) is 2. The molecule has 24 heavy (non-hydrogen) atoms. The summed E-state index contributed by atoms with van der Waals surface area (Å²) in [6.07, 6.45) is -0.540. The summed E-state index contributed by atoms with van der Waals surface area (Å²) in [6, 6.07) is -0.756. The normalized spacial score (nSPS) is 15.2. The standard InChI is InChI=1S/C14H29N2O6PS/c1-7-20-12(17)11(3)16-23(19,21-8-2)24-10-9-15-13(18)22-14(4,5)6/h11H,7-10H2,1-6H3,(H,15,18)(H,16,19)/t11-,23-/m0/s1. The molecule has 0 aromatic heterocycles. The van der Waals surface area contributed by atoms with Crippen molar-refractivity contribution in [3.63, 3.8) is 0 Å². The molecule has 0 rings (SSSR count). The summed E-state index contributed by atoms with van der Waals surface area (Å²) in [5.74, 6) is -0.163. The Morgan fingerprint density at radius 2 is 1.83 bits per heavy atom. The van der Waals surface area contributed by atoms with E-state index in [4.69, 9.17) is 14.0 Å². The van der Waals surface area contributed by atoms with Gasteiger partial charge in [0.2, 0.25) is 0 Å². The van der Waals surface area contributed by atoms with Crippen molar-refractivity contribution in [2.45, 2.75) is 53.2 Å². The summed E-state index contributed by atoms with van der Waals surface area (Å²) in [7, 11) is 0. The highest BCUT2D eigenvalue weighted by molar-refractivity contribution is 8.56. The van der Waals surface area contributed by atoms with E-state index in [2.05, 4.69) is 10.4 Å². The molecule has 142 valence electrons. The number of rotatable bonds is 10. The van der Waals surface area contributed by atoms with Gasteiger partial charge in [0, 0.05) is 12.3 Å². The van der Waals surface area contributed by atoms with E-state index in [-0.39, 0.29) is 19.8 Å². The zero-order valence-electron chi connectivity index (χ0n) is 15.2. The van der Waals surface area contributed by atoms with Crippen LogP contribution >= 0.6 is 18.1 Å². The van der Waals surface area contributed by atoms with E-state index in [9.17, 15) is 14.2 Å². The number of amides is 1. The first-order valence-electron chi connectivity index (χ1n) is 7.83. The van der Waals surface area contributed by atoms with E-state index in [1.54, 1.807) is 41.5 Å². The van der Waals surface area contributed by atoms with Crippen LogP contribution in [0.4, 0.5) is 4.79 Å². The molecule has 0 heterocycles. The molecule has 0 aliphatic heterocycles. The molecule has 0 aromatic rings. The number of hydrogen-bond acceptors (Lipinski definition) is 7. The molecule has 0 saturated carbocycles. The average molecular weight is 384 g/mol. The van der Waals surface area contributed by atoms with Crippen LogP contribution in [0.3, 0.4) is 0 Å². The van der Waals surface area contributed by atoms with Gasteiger partial charge in [-0.1, -0.05) is 11.4 Å². The van der Waals surface area contributed by atoms with E-state index in [0.717, 1.165) is 11.4 Å². The largest absolute Gasteiger partial charge is 0.465 e. The first kappa shape index (κ1) is 23.2. The molecular weight excluding hydrogens is 355 g/mol. The van der Waals surface area contributed by atoms with Crippen molar-refractivity contribution >= 4 is 30.2 Å². The van der Waals surface area contributed by atoms with Crippen LogP contribution in [0.2, 0.25) is 0 Å². The first-order chi connectivity index (χ1) is 11.0. The lowest BCUT2D eigenvalue weighted by molar-refractivity contribution is -0.144. The SMILES string of the molecule is CCOC(=O)[C@H](C)N[P@](=O)(OCC)SCCNC(=O)OC(C)(C)C. The van der Waals surface area contributed by atoms with Gasteiger partial charge in [-0.2, -0.15) is 0 Å². The minimum atomic E-state index is -3.28. The topological polar surface area (TPSA) is 103 Å². The Hall–Kier alpha value is -0.760. The maximum Gasteiger partial charge on any atom is 0.407 e. The number of carbonyl (C=O) groups is 2. The van der Waals surface area contributed by atoms with Crippen molar-refractivity contribution in [3.05, 3.63) is 0 Å². The van der Waals surface area contributed by atoms with Crippen LogP contribution in [0, 0.1) is 0 Å². The highest BCUT2D eigenvalue weighted by Crippen LogP contribution is 2.55. The van der Waals surface area contributed by atoms with Crippen molar-refractivity contribution in [2.24, 2.45) is 0 Å². The van der Waals surface area contributed by atoms with Crippen molar-refractivity contribution in [1.29, 1.82) is 0 Å². The van der Waals surface area contributed by atoms with Gasteiger partial charge in [0.15, 0.2) is 0 Å². The van der Waals surface area contributed by atoms with Gasteiger partial charge >= 0.3 is 18.8 Å². The molecule has 0 fully saturated rings. The average Bonchev–Trinajstić information content (AvgIpc) is 2.42. The fourth-order valence-electron chi connectivity index (χ4n) is 1.47. The van der Waals surface area contributed by atoms with E-state index >= 15 is 0 Å². The molecule has 10 heteroatoms. The smallest absolute Gasteiger partial charge is 0.407 e. The fraction of sp³-hybridized carbons (Fsp3) is 0.857. The predicted octanol–water partition coefficient (Wildman–Crippen LogP) is 2.93. The van der Waals surface area contributed by atoms with E-state index in [1.807, 2.05) is 0 Å². The van der Waals surface area contributed by atoms with Gasteiger partial charge in [-0.05, 0) is 41.5 Å². The fourth-order valence-corrected chi connectivity index (χ4v) is 5.28. The number of esters is 1. The van der Waals surface area contributed by atoms with Gasteiger partial charge in [-0.3, -0.25) is 9.36 Å². The molecule has 1 amide bonds. The third-order valence-corrected chi connectivity index (χ3v) is 6.55. The number of ether oxygens (including phenoxy) is 2. The molecule has 0 spiro atoms. The van der Waals surface area contributed by atoms with Crippen LogP contribution in [0.5, 0.6) is 0 Å². The molecule has 0 aliphatic rings. The Labute approximate surface area is 148 Å². The number of nitrogens with one attached hydrogen (secondary N) is 2. The lowest BCUT2D eigenvalue weighted by Crippen LogP contribution is -2.34. The molecular formula is C14H29N2O6PS. The highest BCUT2D eigenvalue weighted by atomic mass is 32.7. The summed E-state index contributed by atoms with van der Waals surface area (Å²) < 4.78 is 27.9. The van der Waals surface area contributed by atoms with Gasteiger partial charge in [0.05, 0.1) is 13.2 Å². The van der Waals surface area contributed by atoms with Crippen molar-refractivity contribution in [1.82, 2.24) is 10.4 Å². The molecule has 8 nitrogen and oxygen atoms in total. The summed E-state index contributed by atoms with van der Waals surface area (Å²) in [5.41, 5.74) is -0.575. The van der Waals surface area contributed by atoms with Crippen LogP contribution in [0.15, 0.2) is 0 Å².